The first-order valence-electron chi connectivity index (χ1n) is 10.3. The average Bonchev–Trinajstić information content (AvgIpc) is 2.62. The summed E-state index contributed by atoms with van der Waals surface area (Å²) in [7, 11) is 0. The van der Waals surface area contributed by atoms with E-state index in [1.54, 1.807) is 6.92 Å². The number of esters is 1. The van der Waals surface area contributed by atoms with Crippen molar-refractivity contribution in [3.8, 4) is 0 Å². The molecule has 1 rings (SSSR count). The fraction of sp³-hybridized carbons (Fsp3) is 0.850. The van der Waals surface area contributed by atoms with Crippen LogP contribution in [0.3, 0.4) is 0 Å². The first-order valence-corrected chi connectivity index (χ1v) is 10.3. The molecule has 8 heteroatoms. The van der Waals surface area contributed by atoms with E-state index in [2.05, 4.69) is 5.32 Å². The zero-order valence-corrected chi connectivity index (χ0v) is 17.0. The third kappa shape index (κ3) is 10.1. The fourth-order valence-electron chi connectivity index (χ4n) is 3.10. The summed E-state index contributed by atoms with van der Waals surface area (Å²) in [5.74, 6) is -0.364. The van der Waals surface area contributed by atoms with Crippen LogP contribution < -0.4 is 5.32 Å². The number of hydrogen-bond acceptors (Lipinski definition) is 7. The standard InChI is InChI=1S/C20H35NO7/c1-3-9-18(24)21-15-12-16(23)17(28-20(15)26)13-27-19(25)11-8-6-4-5-7-10-14(2)22/h15-17,20,23,26H,3-13H2,1-2H3,(H,21,24)/t15-,16+,17-,20?/m1/s1. The topological polar surface area (TPSA) is 122 Å². The molecule has 1 fully saturated rings. The van der Waals surface area contributed by atoms with Crippen LogP contribution in [0, 0.1) is 0 Å². The molecule has 28 heavy (non-hydrogen) atoms. The van der Waals surface area contributed by atoms with E-state index in [-0.39, 0.29) is 37.1 Å². The van der Waals surface area contributed by atoms with Crippen molar-refractivity contribution < 1.29 is 34.1 Å². The van der Waals surface area contributed by atoms with Crippen molar-refractivity contribution in [2.45, 2.75) is 103 Å². The van der Waals surface area contributed by atoms with Crippen molar-refractivity contribution in [1.29, 1.82) is 0 Å². The van der Waals surface area contributed by atoms with Crippen LogP contribution in [0.4, 0.5) is 0 Å². The summed E-state index contributed by atoms with van der Waals surface area (Å²) < 4.78 is 10.5. The summed E-state index contributed by atoms with van der Waals surface area (Å²) in [6, 6.07) is -0.677. The van der Waals surface area contributed by atoms with Gasteiger partial charge in [0.05, 0.1) is 12.1 Å². The van der Waals surface area contributed by atoms with Crippen molar-refractivity contribution in [3.05, 3.63) is 0 Å². The fourth-order valence-corrected chi connectivity index (χ4v) is 3.10. The summed E-state index contributed by atoms with van der Waals surface area (Å²) in [4.78, 5) is 34.3. The molecule has 0 bridgehead atoms. The number of hydrogen-bond donors (Lipinski definition) is 3. The highest BCUT2D eigenvalue weighted by atomic mass is 16.6. The first-order chi connectivity index (χ1) is 13.3. The molecule has 1 amide bonds. The summed E-state index contributed by atoms with van der Waals surface area (Å²) in [6.45, 7) is 3.33. The Bertz CT molecular complexity index is 497. The molecule has 3 N–H and O–H groups in total. The van der Waals surface area contributed by atoms with Crippen LogP contribution in [-0.2, 0) is 23.9 Å². The van der Waals surface area contributed by atoms with Gasteiger partial charge in [-0.15, -0.1) is 0 Å². The van der Waals surface area contributed by atoms with Gasteiger partial charge in [-0.3, -0.25) is 9.59 Å². The van der Waals surface area contributed by atoms with Gasteiger partial charge in [0.2, 0.25) is 5.91 Å². The molecule has 0 spiro atoms. The molecule has 8 nitrogen and oxygen atoms in total. The molecule has 0 aliphatic carbocycles. The predicted octanol–water partition coefficient (Wildman–Crippen LogP) is 1.60. The summed E-state index contributed by atoms with van der Waals surface area (Å²) in [5, 5.41) is 22.8. The van der Waals surface area contributed by atoms with Gasteiger partial charge in [0.15, 0.2) is 6.29 Å². The van der Waals surface area contributed by atoms with Crippen molar-refractivity contribution in [1.82, 2.24) is 5.32 Å². The van der Waals surface area contributed by atoms with Gasteiger partial charge in [0, 0.05) is 25.7 Å². The van der Waals surface area contributed by atoms with E-state index in [9.17, 15) is 24.6 Å². The van der Waals surface area contributed by atoms with Gasteiger partial charge in [-0.25, -0.2) is 0 Å². The quantitative estimate of drug-likeness (QED) is 0.316. The lowest BCUT2D eigenvalue weighted by Crippen LogP contribution is -2.55. The largest absolute Gasteiger partial charge is 0.463 e. The Morgan fingerprint density at radius 2 is 1.68 bits per heavy atom. The number of Topliss-reactive ketones (excluding diaryl/α,β-unsaturated/α-hetero) is 1. The number of unbranched alkanes of at least 4 members (excludes halogenated alkanes) is 4. The highest BCUT2D eigenvalue weighted by Gasteiger charge is 2.37. The SMILES string of the molecule is CCCC(=O)N[C@@H]1C[C@H](O)[C@@H](COC(=O)CCCCCCCC(C)=O)OC1O. The third-order valence-electron chi connectivity index (χ3n) is 4.72. The zero-order chi connectivity index (χ0) is 20.9. The van der Waals surface area contributed by atoms with Crippen LogP contribution in [0.5, 0.6) is 0 Å². The smallest absolute Gasteiger partial charge is 0.305 e. The molecule has 162 valence electrons. The van der Waals surface area contributed by atoms with Gasteiger partial charge in [-0.05, 0) is 26.2 Å². The Morgan fingerprint density at radius 3 is 2.32 bits per heavy atom. The Labute approximate surface area is 167 Å². The molecule has 1 unspecified atom stereocenters. The van der Waals surface area contributed by atoms with Gasteiger partial charge in [-0.1, -0.05) is 26.2 Å². The van der Waals surface area contributed by atoms with Crippen molar-refractivity contribution >= 4 is 17.7 Å². The number of nitrogens with one attached hydrogen (secondary N) is 1. The minimum atomic E-state index is -1.25. The zero-order valence-electron chi connectivity index (χ0n) is 17.0. The number of ketones is 1. The monoisotopic (exact) mass is 401 g/mol. The maximum absolute atomic E-state index is 11.8. The molecule has 0 aromatic carbocycles. The van der Waals surface area contributed by atoms with E-state index in [1.807, 2.05) is 6.92 Å². The van der Waals surface area contributed by atoms with Crippen molar-refractivity contribution in [2.75, 3.05) is 6.61 Å². The summed E-state index contributed by atoms with van der Waals surface area (Å²) in [6.07, 6.45) is 3.51. The second kappa shape index (κ2) is 13.6. The van der Waals surface area contributed by atoms with E-state index in [0.717, 1.165) is 25.7 Å². The molecule has 1 aliphatic heterocycles. The molecular weight excluding hydrogens is 366 g/mol. The average molecular weight is 402 g/mol. The second-order valence-corrected chi connectivity index (χ2v) is 7.44. The van der Waals surface area contributed by atoms with Crippen LogP contribution >= 0.6 is 0 Å². The van der Waals surface area contributed by atoms with E-state index >= 15 is 0 Å². The number of carbonyl (C=O) groups is 3. The molecule has 4 atom stereocenters. The molecule has 0 aromatic rings. The maximum Gasteiger partial charge on any atom is 0.305 e. The number of ether oxygens (including phenoxy) is 2. The van der Waals surface area contributed by atoms with Crippen LogP contribution in [0.25, 0.3) is 0 Å². The molecule has 1 heterocycles. The number of amides is 1. The number of aliphatic hydroxyl groups excluding tert-OH is 2. The Kier molecular flexibility index (Phi) is 11.9. The third-order valence-corrected chi connectivity index (χ3v) is 4.72. The van der Waals surface area contributed by atoms with Crippen molar-refractivity contribution in [2.24, 2.45) is 0 Å². The lowest BCUT2D eigenvalue weighted by molar-refractivity contribution is -0.224. The highest BCUT2D eigenvalue weighted by Crippen LogP contribution is 2.20. The van der Waals surface area contributed by atoms with Gasteiger partial charge < -0.3 is 29.8 Å². The molecular formula is C20H35NO7. The second-order valence-electron chi connectivity index (χ2n) is 7.44. The summed E-state index contributed by atoms with van der Waals surface area (Å²) >= 11 is 0. The van der Waals surface area contributed by atoms with E-state index in [0.29, 0.717) is 25.7 Å². The van der Waals surface area contributed by atoms with Crippen LogP contribution in [0.15, 0.2) is 0 Å². The number of rotatable bonds is 13. The molecule has 0 saturated carbocycles. The number of carbonyl (C=O) groups excluding carboxylic acids is 3. The molecule has 1 aliphatic rings. The van der Waals surface area contributed by atoms with Gasteiger partial charge in [-0.2, -0.15) is 0 Å². The normalized spacial score (nSPS) is 24.6. The van der Waals surface area contributed by atoms with Gasteiger partial charge in [0.1, 0.15) is 18.5 Å². The molecule has 0 radical (unpaired) electrons. The Hall–Kier alpha value is -1.51. The molecule has 0 aromatic heterocycles. The van der Waals surface area contributed by atoms with E-state index in [4.69, 9.17) is 9.47 Å². The first kappa shape index (κ1) is 24.5. The van der Waals surface area contributed by atoms with Crippen LogP contribution in [0.1, 0.15) is 78.1 Å². The minimum absolute atomic E-state index is 0.134. The van der Waals surface area contributed by atoms with Gasteiger partial charge in [0.25, 0.3) is 0 Å². The lowest BCUT2D eigenvalue weighted by Gasteiger charge is -2.37. The van der Waals surface area contributed by atoms with Crippen LogP contribution in [-0.4, -0.2) is 59.0 Å². The summed E-state index contributed by atoms with van der Waals surface area (Å²) in [5.41, 5.74) is 0. The number of aliphatic hydroxyl groups is 2. The Balaban J connectivity index is 2.18. The predicted molar refractivity (Wildman–Crippen MR) is 102 cm³/mol. The molecule has 1 saturated heterocycles. The van der Waals surface area contributed by atoms with E-state index < -0.39 is 24.5 Å². The maximum atomic E-state index is 11.8. The Morgan fingerprint density at radius 1 is 1.04 bits per heavy atom. The van der Waals surface area contributed by atoms with Gasteiger partial charge >= 0.3 is 5.97 Å². The van der Waals surface area contributed by atoms with Crippen LogP contribution in [0.2, 0.25) is 0 Å². The highest BCUT2D eigenvalue weighted by molar-refractivity contribution is 5.76. The van der Waals surface area contributed by atoms with Crippen molar-refractivity contribution in [3.63, 3.8) is 0 Å². The lowest BCUT2D eigenvalue weighted by atomic mass is 10.0. The van der Waals surface area contributed by atoms with E-state index in [1.165, 1.54) is 0 Å². The minimum Gasteiger partial charge on any atom is -0.463 e.